The second-order valence-corrected chi connectivity index (χ2v) is 7.47. The van der Waals surface area contributed by atoms with Crippen LogP contribution < -0.4 is 15.8 Å². The Balaban J connectivity index is 1.41. The summed E-state index contributed by atoms with van der Waals surface area (Å²) in [6.45, 7) is 4.37. The Hall–Kier alpha value is -2.56. The molecule has 0 aliphatic carbocycles. The van der Waals surface area contributed by atoms with Gasteiger partial charge in [0.05, 0.1) is 46.1 Å². The zero-order chi connectivity index (χ0) is 23.0. The highest BCUT2D eigenvalue weighted by Gasteiger charge is 2.43. The summed E-state index contributed by atoms with van der Waals surface area (Å²) in [5.41, 5.74) is -0.141. The summed E-state index contributed by atoms with van der Waals surface area (Å²) in [5.74, 6) is -3.27. The van der Waals surface area contributed by atoms with Gasteiger partial charge in [-0.1, -0.05) is 6.92 Å². The minimum absolute atomic E-state index is 0.129. The smallest absolute Gasteiger partial charge is 0.349 e. The molecule has 1 aromatic carbocycles. The van der Waals surface area contributed by atoms with E-state index in [1.165, 1.54) is 17.0 Å². The number of benzene rings is 1. The largest absolute Gasteiger partial charge is 0.422 e. The quantitative estimate of drug-likeness (QED) is 0.367. The fraction of sp³-hybridized carbons (Fsp3) is 0.545. The van der Waals surface area contributed by atoms with Crippen molar-refractivity contribution in [2.24, 2.45) is 0 Å². The fourth-order valence-corrected chi connectivity index (χ4v) is 3.17. The second kappa shape index (κ2) is 11.3. The van der Waals surface area contributed by atoms with Crippen LogP contribution in [0.15, 0.2) is 33.5 Å². The van der Waals surface area contributed by atoms with Crippen molar-refractivity contribution in [2.75, 3.05) is 64.2 Å². The summed E-state index contributed by atoms with van der Waals surface area (Å²) >= 11 is 0. The predicted molar refractivity (Wildman–Crippen MR) is 115 cm³/mol. The Morgan fingerprint density at radius 3 is 2.38 bits per heavy atom. The number of ether oxygens (including phenoxy) is 3. The molecular formula is C22H28F2N2O6. The molecule has 2 aromatic rings. The Bertz CT molecular complexity index is 957. The first-order valence-corrected chi connectivity index (χ1v) is 10.6. The molecule has 0 radical (unpaired) electrons. The average molecular weight is 454 g/mol. The number of amides is 1. The SMILES string of the molecule is CCCOCCOCCOCCNC(=O)c1cc2ccc(N3CC(F)(F)C3)cc2oc1=O. The molecule has 2 heterocycles. The van der Waals surface area contributed by atoms with Crippen molar-refractivity contribution in [3.8, 4) is 0 Å². The van der Waals surface area contributed by atoms with Gasteiger partial charge in [0, 0.05) is 30.3 Å². The minimum Gasteiger partial charge on any atom is -0.422 e. The molecule has 1 N–H and O–H groups in total. The van der Waals surface area contributed by atoms with Crippen molar-refractivity contribution in [3.05, 3.63) is 40.2 Å². The summed E-state index contributed by atoms with van der Waals surface area (Å²) in [7, 11) is 0. The molecule has 3 rings (SSSR count). The maximum atomic E-state index is 13.1. The number of nitrogens with zero attached hydrogens (tertiary/aromatic N) is 1. The minimum atomic E-state index is -2.70. The summed E-state index contributed by atoms with van der Waals surface area (Å²) < 4.78 is 47.4. The first-order valence-electron chi connectivity index (χ1n) is 10.6. The Morgan fingerprint density at radius 2 is 1.72 bits per heavy atom. The number of carbonyl (C=O) groups is 1. The van der Waals surface area contributed by atoms with E-state index in [1.54, 1.807) is 12.1 Å². The molecule has 0 unspecified atom stereocenters. The van der Waals surface area contributed by atoms with Gasteiger partial charge >= 0.3 is 5.63 Å². The predicted octanol–water partition coefficient (Wildman–Crippen LogP) is 2.44. The van der Waals surface area contributed by atoms with Crippen LogP contribution in [0, 0.1) is 0 Å². The molecule has 1 amide bonds. The molecule has 1 aliphatic rings. The number of alkyl halides is 2. The van der Waals surface area contributed by atoms with Gasteiger partial charge in [-0.05, 0) is 24.6 Å². The van der Waals surface area contributed by atoms with Crippen LogP contribution in [-0.2, 0) is 14.2 Å². The normalized spacial score (nSPS) is 15.0. The highest BCUT2D eigenvalue weighted by molar-refractivity contribution is 5.97. The third-order valence-corrected chi connectivity index (χ3v) is 4.80. The monoisotopic (exact) mass is 454 g/mol. The number of nitrogens with one attached hydrogen (secondary N) is 1. The maximum Gasteiger partial charge on any atom is 0.349 e. The lowest BCUT2D eigenvalue weighted by Crippen LogP contribution is -2.56. The Kier molecular flexibility index (Phi) is 8.54. The zero-order valence-electron chi connectivity index (χ0n) is 18.0. The molecule has 176 valence electrons. The molecule has 32 heavy (non-hydrogen) atoms. The molecule has 0 atom stereocenters. The van der Waals surface area contributed by atoms with E-state index < -0.39 is 17.5 Å². The van der Waals surface area contributed by atoms with E-state index in [-0.39, 0.29) is 37.4 Å². The molecule has 10 heteroatoms. The van der Waals surface area contributed by atoms with Crippen molar-refractivity contribution in [1.29, 1.82) is 0 Å². The van der Waals surface area contributed by atoms with Crippen LogP contribution in [-0.4, -0.2) is 71.1 Å². The first-order chi connectivity index (χ1) is 15.4. The number of carbonyl (C=O) groups excluding carboxylic acids is 1. The Labute approximate surface area is 184 Å². The van der Waals surface area contributed by atoms with E-state index in [0.717, 1.165) is 13.0 Å². The highest BCUT2D eigenvalue weighted by Crippen LogP contribution is 2.33. The number of hydrogen-bond donors (Lipinski definition) is 1. The van der Waals surface area contributed by atoms with Crippen molar-refractivity contribution < 1.29 is 32.2 Å². The van der Waals surface area contributed by atoms with E-state index in [0.29, 0.717) is 37.5 Å². The molecule has 1 fully saturated rings. The summed E-state index contributed by atoms with van der Waals surface area (Å²) in [4.78, 5) is 26.0. The summed E-state index contributed by atoms with van der Waals surface area (Å²) in [6, 6.07) is 6.25. The molecule has 8 nitrogen and oxygen atoms in total. The first kappa shape index (κ1) is 24.1. The lowest BCUT2D eigenvalue weighted by Gasteiger charge is -2.40. The number of rotatable bonds is 13. The average Bonchev–Trinajstić information content (AvgIpc) is 2.74. The van der Waals surface area contributed by atoms with Gasteiger partial charge in [-0.2, -0.15) is 0 Å². The molecule has 0 saturated carbocycles. The van der Waals surface area contributed by atoms with E-state index >= 15 is 0 Å². The van der Waals surface area contributed by atoms with Gasteiger partial charge < -0.3 is 28.8 Å². The van der Waals surface area contributed by atoms with Gasteiger partial charge in [-0.3, -0.25) is 4.79 Å². The van der Waals surface area contributed by atoms with Crippen LogP contribution in [0.3, 0.4) is 0 Å². The van der Waals surface area contributed by atoms with E-state index in [4.69, 9.17) is 18.6 Å². The number of fused-ring (bicyclic) bond motifs is 1. The molecular weight excluding hydrogens is 426 g/mol. The van der Waals surface area contributed by atoms with Gasteiger partial charge in [0.25, 0.3) is 11.8 Å². The highest BCUT2D eigenvalue weighted by atomic mass is 19.3. The zero-order valence-corrected chi connectivity index (χ0v) is 18.0. The van der Waals surface area contributed by atoms with E-state index in [2.05, 4.69) is 5.32 Å². The third kappa shape index (κ3) is 6.72. The van der Waals surface area contributed by atoms with Gasteiger partial charge in [-0.25, -0.2) is 13.6 Å². The number of anilines is 1. The van der Waals surface area contributed by atoms with Gasteiger partial charge in [0.15, 0.2) is 0 Å². The van der Waals surface area contributed by atoms with Gasteiger partial charge in [0.2, 0.25) is 0 Å². The molecule has 0 bridgehead atoms. The topological polar surface area (TPSA) is 90.2 Å². The standard InChI is InChI=1S/C22H28F2N2O6/c1-2-6-29-8-10-31-11-9-30-7-5-25-20(27)18-12-16-3-4-17(13-19(16)32-21(18)28)26-14-22(23,24)15-26/h3-4,12-13H,2,5-11,14-15H2,1H3,(H,25,27). The Morgan fingerprint density at radius 1 is 1.06 bits per heavy atom. The van der Waals surface area contributed by atoms with E-state index in [1.807, 2.05) is 6.92 Å². The lowest BCUT2D eigenvalue weighted by atomic mass is 10.1. The number of halogens is 2. The van der Waals surface area contributed by atoms with Crippen LogP contribution in [0.4, 0.5) is 14.5 Å². The van der Waals surface area contributed by atoms with Gasteiger partial charge in [-0.15, -0.1) is 0 Å². The molecule has 0 spiro atoms. The van der Waals surface area contributed by atoms with Crippen molar-refractivity contribution in [2.45, 2.75) is 19.3 Å². The molecule has 1 aliphatic heterocycles. The summed E-state index contributed by atoms with van der Waals surface area (Å²) in [5, 5.41) is 3.14. The van der Waals surface area contributed by atoms with Crippen LogP contribution >= 0.6 is 0 Å². The van der Waals surface area contributed by atoms with Crippen LogP contribution in [0.2, 0.25) is 0 Å². The lowest BCUT2D eigenvalue weighted by molar-refractivity contribution is -0.0262. The summed E-state index contributed by atoms with van der Waals surface area (Å²) in [6.07, 6.45) is 0.972. The fourth-order valence-electron chi connectivity index (χ4n) is 3.17. The van der Waals surface area contributed by atoms with Crippen molar-refractivity contribution in [3.63, 3.8) is 0 Å². The van der Waals surface area contributed by atoms with E-state index in [9.17, 15) is 18.4 Å². The second-order valence-electron chi connectivity index (χ2n) is 7.47. The maximum absolute atomic E-state index is 13.1. The van der Waals surface area contributed by atoms with Crippen LogP contribution in [0.1, 0.15) is 23.7 Å². The van der Waals surface area contributed by atoms with Crippen LogP contribution in [0.25, 0.3) is 11.0 Å². The third-order valence-electron chi connectivity index (χ3n) is 4.80. The van der Waals surface area contributed by atoms with Crippen molar-refractivity contribution in [1.82, 2.24) is 5.32 Å². The van der Waals surface area contributed by atoms with Gasteiger partial charge in [0.1, 0.15) is 11.1 Å². The van der Waals surface area contributed by atoms with Crippen molar-refractivity contribution >= 4 is 22.6 Å². The van der Waals surface area contributed by atoms with Crippen LogP contribution in [0.5, 0.6) is 0 Å². The molecule has 1 aromatic heterocycles. The molecule has 1 saturated heterocycles. The number of hydrogen-bond acceptors (Lipinski definition) is 7.